The van der Waals surface area contributed by atoms with Crippen molar-refractivity contribution in [3.05, 3.63) is 29.8 Å². The second-order valence-corrected chi connectivity index (χ2v) is 7.04. The summed E-state index contributed by atoms with van der Waals surface area (Å²) in [7, 11) is 0. The lowest BCUT2D eigenvalue weighted by Crippen LogP contribution is -2.46. The van der Waals surface area contributed by atoms with Gasteiger partial charge in [0.15, 0.2) is 0 Å². The normalized spacial score (nSPS) is 15.7. The summed E-state index contributed by atoms with van der Waals surface area (Å²) >= 11 is 0. The average Bonchev–Trinajstić information content (AvgIpc) is 3.39. The number of hydrogen-bond donors (Lipinski definition) is 4. The number of hydrogen-bond acceptors (Lipinski definition) is 4. The van der Waals surface area contributed by atoms with Gasteiger partial charge in [-0.1, -0.05) is 26.0 Å². The minimum atomic E-state index is -1.32. The molecule has 1 aromatic carbocycles. The molecule has 0 bridgehead atoms. The van der Waals surface area contributed by atoms with E-state index in [1.54, 1.807) is 13.8 Å². The molecule has 0 unspecified atom stereocenters. The first kappa shape index (κ1) is 18.4. The lowest BCUT2D eigenvalue weighted by molar-refractivity contribution is -0.137. The maximum absolute atomic E-state index is 11.9. The molecule has 0 aliphatic heterocycles. The fourth-order valence-electron chi connectivity index (χ4n) is 2.35. The van der Waals surface area contributed by atoms with Gasteiger partial charge in [0.1, 0.15) is 6.10 Å². The van der Waals surface area contributed by atoms with Crippen LogP contribution in [0.25, 0.3) is 0 Å². The highest BCUT2D eigenvalue weighted by molar-refractivity contribution is 5.91. The van der Waals surface area contributed by atoms with Gasteiger partial charge in [0.25, 0.3) is 0 Å². The van der Waals surface area contributed by atoms with Crippen molar-refractivity contribution in [2.45, 2.75) is 45.1 Å². The molecule has 0 heterocycles. The molecular formula is C18H26N2O4. The number of amides is 2. The summed E-state index contributed by atoms with van der Waals surface area (Å²) in [5.74, 6) is -0.158. The SMILES string of the molecule is CC(C)(CO)[C@@H](O)C(=O)NCCC(=O)Nc1cccc(C2CC2)c1. The lowest BCUT2D eigenvalue weighted by Gasteiger charge is -2.27. The molecule has 0 saturated heterocycles. The summed E-state index contributed by atoms with van der Waals surface area (Å²) in [6, 6.07) is 7.83. The first-order chi connectivity index (χ1) is 11.3. The topological polar surface area (TPSA) is 98.7 Å². The van der Waals surface area contributed by atoms with Crippen LogP contribution in [0.1, 0.15) is 44.6 Å². The Morgan fingerprint density at radius 2 is 2.04 bits per heavy atom. The maximum Gasteiger partial charge on any atom is 0.249 e. The number of carbonyl (C=O) groups is 2. The summed E-state index contributed by atoms with van der Waals surface area (Å²) < 4.78 is 0. The molecule has 0 aromatic heterocycles. The number of aliphatic hydroxyl groups excluding tert-OH is 2. The molecule has 0 spiro atoms. The average molecular weight is 334 g/mol. The zero-order valence-corrected chi connectivity index (χ0v) is 14.2. The van der Waals surface area contributed by atoms with Gasteiger partial charge in [0.2, 0.25) is 11.8 Å². The zero-order chi connectivity index (χ0) is 17.7. The molecular weight excluding hydrogens is 308 g/mol. The number of carbonyl (C=O) groups excluding carboxylic acids is 2. The van der Waals surface area contributed by atoms with E-state index in [9.17, 15) is 14.7 Å². The van der Waals surface area contributed by atoms with Gasteiger partial charge in [-0.25, -0.2) is 0 Å². The van der Waals surface area contributed by atoms with Crippen LogP contribution in [0.3, 0.4) is 0 Å². The summed E-state index contributed by atoms with van der Waals surface area (Å²) in [6.45, 7) is 3.01. The molecule has 1 aliphatic carbocycles. The Morgan fingerprint density at radius 3 is 2.67 bits per heavy atom. The number of aliphatic hydroxyl groups is 2. The van der Waals surface area contributed by atoms with Crippen LogP contribution in [-0.4, -0.2) is 41.3 Å². The Labute approximate surface area is 142 Å². The van der Waals surface area contributed by atoms with Crippen molar-refractivity contribution in [3.63, 3.8) is 0 Å². The van der Waals surface area contributed by atoms with Gasteiger partial charge in [-0.15, -0.1) is 0 Å². The lowest BCUT2D eigenvalue weighted by atomic mass is 9.87. The summed E-state index contributed by atoms with van der Waals surface area (Å²) in [4.78, 5) is 23.8. The van der Waals surface area contributed by atoms with Crippen molar-refractivity contribution in [2.75, 3.05) is 18.5 Å². The Balaban J connectivity index is 1.75. The quantitative estimate of drug-likeness (QED) is 0.577. The van der Waals surface area contributed by atoms with E-state index in [4.69, 9.17) is 5.11 Å². The third kappa shape index (κ3) is 5.04. The van der Waals surface area contributed by atoms with Crippen molar-refractivity contribution < 1.29 is 19.8 Å². The van der Waals surface area contributed by atoms with E-state index in [1.807, 2.05) is 18.2 Å². The molecule has 1 fully saturated rings. The number of benzene rings is 1. The van der Waals surface area contributed by atoms with Crippen LogP contribution in [-0.2, 0) is 9.59 Å². The predicted molar refractivity (Wildman–Crippen MR) is 91.5 cm³/mol. The van der Waals surface area contributed by atoms with Crippen LogP contribution in [0.5, 0.6) is 0 Å². The van der Waals surface area contributed by atoms with E-state index in [0.29, 0.717) is 5.92 Å². The zero-order valence-electron chi connectivity index (χ0n) is 14.2. The van der Waals surface area contributed by atoms with E-state index in [2.05, 4.69) is 16.7 Å². The van der Waals surface area contributed by atoms with E-state index in [0.717, 1.165) is 5.69 Å². The Bertz CT molecular complexity index is 596. The van der Waals surface area contributed by atoms with Crippen LogP contribution in [0.15, 0.2) is 24.3 Å². The van der Waals surface area contributed by atoms with E-state index in [-0.39, 0.29) is 25.5 Å². The minimum Gasteiger partial charge on any atom is -0.396 e. The van der Waals surface area contributed by atoms with Gasteiger partial charge in [0.05, 0.1) is 6.61 Å². The fourth-order valence-corrected chi connectivity index (χ4v) is 2.35. The summed E-state index contributed by atoms with van der Waals surface area (Å²) in [6.07, 6.45) is 1.21. The van der Waals surface area contributed by atoms with Crippen molar-refractivity contribution in [2.24, 2.45) is 5.41 Å². The van der Waals surface area contributed by atoms with Gasteiger partial charge in [-0.05, 0) is 36.5 Å². The molecule has 1 aliphatic rings. The third-order valence-corrected chi connectivity index (χ3v) is 4.27. The van der Waals surface area contributed by atoms with Crippen LogP contribution >= 0.6 is 0 Å². The fraction of sp³-hybridized carbons (Fsp3) is 0.556. The molecule has 24 heavy (non-hydrogen) atoms. The first-order valence-electron chi connectivity index (χ1n) is 8.30. The monoisotopic (exact) mass is 334 g/mol. The first-order valence-corrected chi connectivity index (χ1v) is 8.30. The minimum absolute atomic E-state index is 0.117. The maximum atomic E-state index is 11.9. The smallest absolute Gasteiger partial charge is 0.249 e. The molecule has 1 aromatic rings. The molecule has 6 heteroatoms. The van der Waals surface area contributed by atoms with Gasteiger partial charge < -0.3 is 20.8 Å². The number of nitrogens with one attached hydrogen (secondary N) is 2. The Morgan fingerprint density at radius 1 is 1.33 bits per heavy atom. The van der Waals surface area contributed by atoms with E-state index < -0.39 is 17.4 Å². The summed E-state index contributed by atoms with van der Waals surface area (Å²) in [5, 5.41) is 24.3. The molecule has 0 radical (unpaired) electrons. The number of anilines is 1. The van der Waals surface area contributed by atoms with Crippen molar-refractivity contribution in [3.8, 4) is 0 Å². The van der Waals surface area contributed by atoms with Crippen LogP contribution in [0.2, 0.25) is 0 Å². The van der Waals surface area contributed by atoms with Crippen molar-refractivity contribution in [1.29, 1.82) is 0 Å². The van der Waals surface area contributed by atoms with Crippen LogP contribution < -0.4 is 10.6 Å². The third-order valence-electron chi connectivity index (χ3n) is 4.27. The molecule has 1 saturated carbocycles. The molecule has 1 atom stereocenters. The van der Waals surface area contributed by atoms with E-state index in [1.165, 1.54) is 18.4 Å². The molecule has 4 N–H and O–H groups in total. The Kier molecular flexibility index (Phi) is 5.96. The largest absolute Gasteiger partial charge is 0.396 e. The second-order valence-electron chi connectivity index (χ2n) is 7.04. The predicted octanol–water partition coefficient (Wildman–Crippen LogP) is 1.39. The molecule has 2 rings (SSSR count). The highest BCUT2D eigenvalue weighted by atomic mass is 16.3. The molecule has 6 nitrogen and oxygen atoms in total. The highest BCUT2D eigenvalue weighted by Gasteiger charge is 2.32. The molecule has 132 valence electrons. The van der Waals surface area contributed by atoms with E-state index >= 15 is 0 Å². The van der Waals surface area contributed by atoms with Crippen molar-refractivity contribution >= 4 is 17.5 Å². The second kappa shape index (κ2) is 7.77. The summed E-state index contributed by atoms with van der Waals surface area (Å²) in [5.41, 5.74) is 1.09. The van der Waals surface area contributed by atoms with Gasteiger partial charge in [0, 0.05) is 24.1 Å². The highest BCUT2D eigenvalue weighted by Crippen LogP contribution is 2.40. The standard InChI is InChI=1S/C18H26N2O4/c1-18(2,11-21)16(23)17(24)19-9-8-15(22)20-14-5-3-4-13(10-14)12-6-7-12/h3-5,10,12,16,21,23H,6-9,11H2,1-2H3,(H,19,24)(H,20,22)/t16-/m0/s1. The number of rotatable bonds is 8. The van der Waals surface area contributed by atoms with Gasteiger partial charge in [-0.3, -0.25) is 9.59 Å². The van der Waals surface area contributed by atoms with Gasteiger partial charge >= 0.3 is 0 Å². The van der Waals surface area contributed by atoms with Crippen LogP contribution in [0, 0.1) is 5.41 Å². The van der Waals surface area contributed by atoms with Crippen LogP contribution in [0.4, 0.5) is 5.69 Å². The van der Waals surface area contributed by atoms with Crippen molar-refractivity contribution in [1.82, 2.24) is 5.32 Å². The van der Waals surface area contributed by atoms with Gasteiger partial charge in [-0.2, -0.15) is 0 Å². The Hall–Kier alpha value is -1.92. The molecule has 2 amide bonds.